The van der Waals surface area contributed by atoms with Gasteiger partial charge in [-0.15, -0.1) is 0 Å². The number of hydrogen-bond donors (Lipinski definition) is 2. The first-order valence-electron chi connectivity index (χ1n) is 8.55. The summed E-state index contributed by atoms with van der Waals surface area (Å²) in [5.74, 6) is 0.0869. The Hall–Kier alpha value is -2.46. The molecule has 3 aliphatic heterocycles. The Balaban J connectivity index is 1.54. The van der Waals surface area contributed by atoms with Crippen LogP contribution in [0.4, 0.5) is 0 Å². The van der Waals surface area contributed by atoms with Gasteiger partial charge in [-0.25, -0.2) is 0 Å². The second kappa shape index (κ2) is 6.81. The van der Waals surface area contributed by atoms with E-state index in [4.69, 9.17) is 11.6 Å². The van der Waals surface area contributed by atoms with Gasteiger partial charge in [0, 0.05) is 35.5 Å². The molecule has 4 aliphatic rings. The van der Waals surface area contributed by atoms with Crippen molar-refractivity contribution < 1.29 is 4.79 Å². The summed E-state index contributed by atoms with van der Waals surface area (Å²) in [4.78, 5) is 14.3. The second-order valence-corrected chi connectivity index (χ2v) is 6.84. The van der Waals surface area contributed by atoms with Crippen molar-refractivity contribution >= 4 is 17.5 Å². The molecular formula is C20H20ClN3O. The lowest BCUT2D eigenvalue weighted by Crippen LogP contribution is -2.35. The van der Waals surface area contributed by atoms with Crippen molar-refractivity contribution in [3.63, 3.8) is 0 Å². The van der Waals surface area contributed by atoms with Crippen LogP contribution in [0.1, 0.15) is 12.8 Å². The summed E-state index contributed by atoms with van der Waals surface area (Å²) in [6.07, 6.45) is 22.2. The van der Waals surface area contributed by atoms with Crippen LogP contribution in [-0.4, -0.2) is 23.5 Å². The molecule has 4 rings (SSSR count). The van der Waals surface area contributed by atoms with E-state index in [1.807, 2.05) is 42.8 Å². The zero-order valence-electron chi connectivity index (χ0n) is 13.8. The van der Waals surface area contributed by atoms with Crippen molar-refractivity contribution in [1.82, 2.24) is 15.5 Å². The molecule has 0 aromatic rings. The molecule has 0 spiro atoms. The molecule has 1 aliphatic carbocycles. The van der Waals surface area contributed by atoms with Gasteiger partial charge in [-0.2, -0.15) is 0 Å². The van der Waals surface area contributed by atoms with Gasteiger partial charge in [0.1, 0.15) is 6.17 Å². The van der Waals surface area contributed by atoms with E-state index in [0.717, 1.165) is 29.1 Å². The Morgan fingerprint density at radius 2 is 2.20 bits per heavy atom. The molecule has 1 amide bonds. The van der Waals surface area contributed by atoms with Gasteiger partial charge < -0.3 is 15.5 Å². The van der Waals surface area contributed by atoms with Crippen molar-refractivity contribution in [1.29, 1.82) is 0 Å². The normalized spacial score (nSPS) is 28.0. The number of halogens is 1. The number of allylic oxidation sites excluding steroid dienone is 6. The average Bonchev–Trinajstić information content (AvgIpc) is 3.05. The highest BCUT2D eigenvalue weighted by molar-refractivity contribution is 6.30. The van der Waals surface area contributed by atoms with E-state index in [1.165, 1.54) is 0 Å². The minimum absolute atomic E-state index is 0.0406. The van der Waals surface area contributed by atoms with E-state index in [0.29, 0.717) is 12.1 Å². The fourth-order valence-electron chi connectivity index (χ4n) is 3.40. The van der Waals surface area contributed by atoms with Gasteiger partial charge in [0.05, 0.1) is 5.70 Å². The number of amides is 1. The van der Waals surface area contributed by atoms with Crippen LogP contribution in [0.15, 0.2) is 82.9 Å². The minimum Gasteiger partial charge on any atom is -0.366 e. The zero-order chi connectivity index (χ0) is 17.2. The summed E-state index contributed by atoms with van der Waals surface area (Å²) < 4.78 is 0. The quantitative estimate of drug-likeness (QED) is 0.818. The summed E-state index contributed by atoms with van der Waals surface area (Å²) >= 11 is 6.39. The van der Waals surface area contributed by atoms with Crippen molar-refractivity contribution in [2.24, 2.45) is 5.92 Å². The standard InChI is InChI=1S/C20H20ClN3O/c21-18-6-2-1-5-17(18)15-11-14(20(25)23-12-15)8-9-16-13-22-19-7-3-4-10-24(16)19/h1,3-5,7-11,13,15,19,22H,2,6,12H2,(H,23,25)/b9-8+. The molecule has 128 valence electrons. The summed E-state index contributed by atoms with van der Waals surface area (Å²) in [5.41, 5.74) is 2.81. The smallest absolute Gasteiger partial charge is 0.251 e. The highest BCUT2D eigenvalue weighted by Crippen LogP contribution is 2.30. The van der Waals surface area contributed by atoms with Gasteiger partial charge >= 0.3 is 0 Å². The van der Waals surface area contributed by atoms with E-state index in [2.05, 4.69) is 33.8 Å². The largest absolute Gasteiger partial charge is 0.366 e. The van der Waals surface area contributed by atoms with E-state index in [1.54, 1.807) is 0 Å². The predicted octanol–water partition coefficient (Wildman–Crippen LogP) is 3.21. The molecule has 25 heavy (non-hydrogen) atoms. The molecule has 0 bridgehead atoms. The molecule has 0 saturated heterocycles. The topological polar surface area (TPSA) is 44.4 Å². The third-order valence-electron chi connectivity index (χ3n) is 4.75. The average molecular weight is 354 g/mol. The Bertz CT molecular complexity index is 798. The van der Waals surface area contributed by atoms with E-state index < -0.39 is 0 Å². The van der Waals surface area contributed by atoms with Crippen LogP contribution in [0.25, 0.3) is 0 Å². The highest BCUT2D eigenvalue weighted by atomic mass is 35.5. The maximum Gasteiger partial charge on any atom is 0.251 e. The number of nitrogens with zero attached hydrogens (tertiary/aromatic N) is 1. The van der Waals surface area contributed by atoms with Crippen molar-refractivity contribution in [2.75, 3.05) is 6.54 Å². The fraction of sp³-hybridized carbons (Fsp3) is 0.250. The van der Waals surface area contributed by atoms with Crippen LogP contribution in [0.2, 0.25) is 0 Å². The SMILES string of the molecule is O=C1NCC(C2=C(Cl)CCC=C2)C=C1/C=C/C1=CNC2C=CC=CN12. The van der Waals surface area contributed by atoms with E-state index in [9.17, 15) is 4.79 Å². The Kier molecular flexibility index (Phi) is 4.36. The molecule has 5 heteroatoms. The van der Waals surface area contributed by atoms with Crippen LogP contribution in [0.5, 0.6) is 0 Å². The third kappa shape index (κ3) is 3.22. The van der Waals surface area contributed by atoms with E-state index in [-0.39, 0.29) is 18.0 Å². The van der Waals surface area contributed by atoms with Crippen molar-refractivity contribution in [3.8, 4) is 0 Å². The van der Waals surface area contributed by atoms with Gasteiger partial charge in [-0.3, -0.25) is 4.79 Å². The molecule has 3 heterocycles. The highest BCUT2D eigenvalue weighted by Gasteiger charge is 2.24. The molecule has 0 saturated carbocycles. The number of rotatable bonds is 3. The first kappa shape index (κ1) is 16.0. The molecule has 2 unspecified atom stereocenters. The minimum atomic E-state index is -0.0406. The van der Waals surface area contributed by atoms with Crippen LogP contribution in [-0.2, 0) is 4.79 Å². The maximum absolute atomic E-state index is 12.2. The molecule has 2 N–H and O–H groups in total. The van der Waals surface area contributed by atoms with Gasteiger partial charge in [0.2, 0.25) is 0 Å². The Morgan fingerprint density at radius 3 is 3.08 bits per heavy atom. The lowest BCUT2D eigenvalue weighted by molar-refractivity contribution is -0.117. The number of nitrogens with one attached hydrogen (secondary N) is 2. The Morgan fingerprint density at radius 1 is 1.28 bits per heavy atom. The summed E-state index contributed by atoms with van der Waals surface area (Å²) in [6.45, 7) is 0.595. The third-order valence-corrected chi connectivity index (χ3v) is 5.16. The molecular weight excluding hydrogens is 334 g/mol. The van der Waals surface area contributed by atoms with Crippen molar-refractivity contribution in [3.05, 3.63) is 82.9 Å². The summed E-state index contributed by atoms with van der Waals surface area (Å²) in [7, 11) is 0. The van der Waals surface area contributed by atoms with Gasteiger partial charge in [-0.1, -0.05) is 35.9 Å². The van der Waals surface area contributed by atoms with Gasteiger partial charge in [0.25, 0.3) is 5.91 Å². The van der Waals surface area contributed by atoms with Gasteiger partial charge in [-0.05, 0) is 42.7 Å². The second-order valence-electron chi connectivity index (χ2n) is 6.39. The molecule has 0 radical (unpaired) electrons. The summed E-state index contributed by atoms with van der Waals surface area (Å²) in [5, 5.41) is 7.17. The first-order chi connectivity index (χ1) is 12.2. The summed E-state index contributed by atoms with van der Waals surface area (Å²) in [6, 6.07) is 0. The molecule has 4 nitrogen and oxygen atoms in total. The number of carbonyl (C=O) groups is 1. The first-order valence-corrected chi connectivity index (χ1v) is 8.93. The fourth-order valence-corrected chi connectivity index (χ4v) is 3.71. The Labute approximate surface area is 152 Å². The predicted molar refractivity (Wildman–Crippen MR) is 100 cm³/mol. The molecule has 0 aromatic carbocycles. The zero-order valence-corrected chi connectivity index (χ0v) is 14.5. The number of hydrogen-bond acceptors (Lipinski definition) is 3. The van der Waals surface area contributed by atoms with Crippen LogP contribution >= 0.6 is 11.6 Å². The lowest BCUT2D eigenvalue weighted by Gasteiger charge is -2.25. The lowest BCUT2D eigenvalue weighted by atomic mass is 9.89. The maximum atomic E-state index is 12.2. The number of carbonyl (C=O) groups excluding carboxylic acids is 1. The van der Waals surface area contributed by atoms with Gasteiger partial charge in [0.15, 0.2) is 0 Å². The monoisotopic (exact) mass is 353 g/mol. The number of fused-ring (bicyclic) bond motifs is 1. The van der Waals surface area contributed by atoms with Crippen LogP contribution < -0.4 is 10.6 Å². The molecule has 0 fully saturated rings. The van der Waals surface area contributed by atoms with Crippen LogP contribution in [0.3, 0.4) is 0 Å². The van der Waals surface area contributed by atoms with E-state index >= 15 is 0 Å². The van der Waals surface area contributed by atoms with Crippen molar-refractivity contribution in [2.45, 2.75) is 19.0 Å². The van der Waals surface area contributed by atoms with Crippen LogP contribution in [0, 0.1) is 5.92 Å². The molecule has 2 atom stereocenters. The molecule has 0 aromatic heterocycles.